The summed E-state index contributed by atoms with van der Waals surface area (Å²) in [6, 6.07) is 7.15. The molecule has 0 bridgehead atoms. The molecule has 0 amide bonds. The normalized spacial score (nSPS) is 12.5. The summed E-state index contributed by atoms with van der Waals surface area (Å²) in [5.41, 5.74) is 2.57. The van der Waals surface area contributed by atoms with Crippen molar-refractivity contribution in [3.05, 3.63) is 28.2 Å². The van der Waals surface area contributed by atoms with E-state index in [1.165, 1.54) is 27.9 Å². The fourth-order valence-corrected chi connectivity index (χ4v) is 3.15. The zero-order valence-corrected chi connectivity index (χ0v) is 14.1. The standard InChI is InChI=1S/C14H23BrN2S/c1-11(7-8-18-4)17(3)14-6-5-12(10-16-2)9-13(14)15/h5-6,9,11,16H,7-8,10H2,1-4H3. The lowest BCUT2D eigenvalue weighted by Gasteiger charge is -2.28. The lowest BCUT2D eigenvalue weighted by molar-refractivity contribution is 0.668. The molecule has 1 aromatic rings. The molecule has 0 radical (unpaired) electrons. The van der Waals surface area contributed by atoms with E-state index in [-0.39, 0.29) is 0 Å². The highest BCUT2D eigenvalue weighted by Crippen LogP contribution is 2.28. The van der Waals surface area contributed by atoms with Crippen molar-refractivity contribution in [2.45, 2.75) is 25.9 Å². The van der Waals surface area contributed by atoms with E-state index < -0.39 is 0 Å². The average Bonchev–Trinajstić information content (AvgIpc) is 2.35. The van der Waals surface area contributed by atoms with Crippen molar-refractivity contribution in [1.82, 2.24) is 5.32 Å². The maximum absolute atomic E-state index is 3.68. The Morgan fingerprint density at radius 3 is 2.72 bits per heavy atom. The highest BCUT2D eigenvalue weighted by Gasteiger charge is 2.12. The molecule has 1 N–H and O–H groups in total. The van der Waals surface area contributed by atoms with Crippen LogP contribution in [0, 0.1) is 0 Å². The Bertz CT molecular complexity index is 371. The molecule has 0 spiro atoms. The van der Waals surface area contributed by atoms with Gasteiger partial charge in [0.1, 0.15) is 0 Å². The van der Waals surface area contributed by atoms with Gasteiger partial charge in [-0.05, 0) is 66.0 Å². The van der Waals surface area contributed by atoms with Gasteiger partial charge in [0.25, 0.3) is 0 Å². The van der Waals surface area contributed by atoms with E-state index in [1.807, 2.05) is 18.8 Å². The first-order valence-corrected chi connectivity index (χ1v) is 8.43. The van der Waals surface area contributed by atoms with Crippen molar-refractivity contribution >= 4 is 33.4 Å². The van der Waals surface area contributed by atoms with E-state index in [0.29, 0.717) is 6.04 Å². The Hall–Kier alpha value is -0.190. The topological polar surface area (TPSA) is 15.3 Å². The quantitative estimate of drug-likeness (QED) is 0.819. The number of nitrogens with zero attached hydrogens (tertiary/aromatic N) is 1. The first kappa shape index (κ1) is 15.9. The zero-order chi connectivity index (χ0) is 13.5. The largest absolute Gasteiger partial charge is 0.371 e. The molecule has 0 saturated heterocycles. The summed E-state index contributed by atoms with van der Waals surface area (Å²) in [4.78, 5) is 2.35. The Labute approximate surface area is 124 Å². The van der Waals surface area contributed by atoms with Crippen LogP contribution in [0.5, 0.6) is 0 Å². The molecule has 0 heterocycles. The van der Waals surface area contributed by atoms with Gasteiger partial charge in [0, 0.05) is 24.1 Å². The maximum atomic E-state index is 3.68. The van der Waals surface area contributed by atoms with E-state index in [2.05, 4.69) is 64.6 Å². The Balaban J connectivity index is 2.76. The van der Waals surface area contributed by atoms with Crippen LogP contribution in [-0.2, 0) is 6.54 Å². The van der Waals surface area contributed by atoms with Gasteiger partial charge in [-0.3, -0.25) is 0 Å². The SMILES string of the molecule is CNCc1ccc(N(C)C(C)CCSC)c(Br)c1. The second-order valence-electron chi connectivity index (χ2n) is 4.56. The van der Waals surface area contributed by atoms with Gasteiger partial charge in [-0.1, -0.05) is 6.07 Å². The van der Waals surface area contributed by atoms with Crippen LogP contribution in [0.3, 0.4) is 0 Å². The fourth-order valence-electron chi connectivity index (χ4n) is 1.87. The first-order valence-electron chi connectivity index (χ1n) is 6.25. The molecule has 2 nitrogen and oxygen atoms in total. The summed E-state index contributed by atoms with van der Waals surface area (Å²) in [5, 5.41) is 3.17. The summed E-state index contributed by atoms with van der Waals surface area (Å²) in [6.07, 6.45) is 3.37. The molecule has 0 aliphatic heterocycles. The predicted molar refractivity (Wildman–Crippen MR) is 87.8 cm³/mol. The minimum Gasteiger partial charge on any atom is -0.371 e. The summed E-state index contributed by atoms with van der Waals surface area (Å²) in [6.45, 7) is 3.19. The first-order chi connectivity index (χ1) is 8.60. The Kier molecular flexibility index (Phi) is 7.12. The van der Waals surface area contributed by atoms with Crippen molar-refractivity contribution in [1.29, 1.82) is 0 Å². The third-order valence-corrected chi connectivity index (χ3v) is 4.45. The van der Waals surface area contributed by atoms with Gasteiger partial charge in [0.2, 0.25) is 0 Å². The van der Waals surface area contributed by atoms with Crippen molar-refractivity contribution in [3.63, 3.8) is 0 Å². The predicted octanol–water partition coefficient (Wildman–Crippen LogP) is 3.75. The minimum atomic E-state index is 0.559. The third kappa shape index (κ3) is 4.48. The molecular formula is C14H23BrN2S. The molecular weight excluding hydrogens is 308 g/mol. The number of nitrogens with one attached hydrogen (secondary N) is 1. The number of halogens is 1. The van der Waals surface area contributed by atoms with Gasteiger partial charge in [-0.25, -0.2) is 0 Å². The molecule has 0 aromatic heterocycles. The van der Waals surface area contributed by atoms with Crippen LogP contribution in [0.4, 0.5) is 5.69 Å². The fraction of sp³-hybridized carbons (Fsp3) is 0.571. The van der Waals surface area contributed by atoms with Gasteiger partial charge in [0.15, 0.2) is 0 Å². The molecule has 1 atom stereocenters. The van der Waals surface area contributed by atoms with Crippen LogP contribution in [0.2, 0.25) is 0 Å². The zero-order valence-electron chi connectivity index (χ0n) is 11.7. The van der Waals surface area contributed by atoms with Crippen LogP contribution in [0.15, 0.2) is 22.7 Å². The van der Waals surface area contributed by atoms with Crippen LogP contribution in [-0.4, -0.2) is 32.1 Å². The molecule has 1 rings (SSSR count). The third-order valence-electron chi connectivity index (χ3n) is 3.17. The van der Waals surface area contributed by atoms with Crippen molar-refractivity contribution in [2.24, 2.45) is 0 Å². The minimum absolute atomic E-state index is 0.559. The molecule has 0 aliphatic carbocycles. The van der Waals surface area contributed by atoms with E-state index in [0.717, 1.165) is 6.54 Å². The van der Waals surface area contributed by atoms with E-state index >= 15 is 0 Å². The van der Waals surface area contributed by atoms with E-state index in [1.54, 1.807) is 0 Å². The summed E-state index contributed by atoms with van der Waals surface area (Å²) < 4.78 is 1.17. The van der Waals surface area contributed by atoms with Gasteiger partial charge in [0.05, 0.1) is 5.69 Å². The summed E-state index contributed by atoms with van der Waals surface area (Å²) in [7, 11) is 4.14. The molecule has 1 aromatic carbocycles. The van der Waals surface area contributed by atoms with Crippen LogP contribution in [0.1, 0.15) is 18.9 Å². The van der Waals surface area contributed by atoms with Gasteiger partial charge in [-0.2, -0.15) is 11.8 Å². The highest BCUT2D eigenvalue weighted by molar-refractivity contribution is 9.10. The van der Waals surface area contributed by atoms with Crippen molar-refractivity contribution in [2.75, 3.05) is 31.0 Å². The van der Waals surface area contributed by atoms with Gasteiger partial charge >= 0.3 is 0 Å². The van der Waals surface area contributed by atoms with E-state index in [9.17, 15) is 0 Å². The van der Waals surface area contributed by atoms with E-state index in [4.69, 9.17) is 0 Å². The second-order valence-corrected chi connectivity index (χ2v) is 6.40. The number of thioether (sulfide) groups is 1. The molecule has 18 heavy (non-hydrogen) atoms. The number of benzene rings is 1. The van der Waals surface area contributed by atoms with Crippen molar-refractivity contribution in [3.8, 4) is 0 Å². The van der Waals surface area contributed by atoms with Gasteiger partial charge < -0.3 is 10.2 Å². The van der Waals surface area contributed by atoms with Crippen LogP contribution < -0.4 is 10.2 Å². The van der Waals surface area contributed by atoms with Crippen LogP contribution in [0.25, 0.3) is 0 Å². The monoisotopic (exact) mass is 330 g/mol. The Morgan fingerprint density at radius 1 is 1.44 bits per heavy atom. The number of hydrogen-bond acceptors (Lipinski definition) is 3. The van der Waals surface area contributed by atoms with Gasteiger partial charge in [-0.15, -0.1) is 0 Å². The molecule has 102 valence electrons. The number of anilines is 1. The molecule has 0 fully saturated rings. The Morgan fingerprint density at radius 2 is 2.17 bits per heavy atom. The van der Waals surface area contributed by atoms with Crippen molar-refractivity contribution < 1.29 is 0 Å². The smallest absolute Gasteiger partial charge is 0.0510 e. The second kappa shape index (κ2) is 8.08. The van der Waals surface area contributed by atoms with Crippen LogP contribution >= 0.6 is 27.7 Å². The number of rotatable bonds is 7. The number of hydrogen-bond donors (Lipinski definition) is 1. The summed E-state index contributed by atoms with van der Waals surface area (Å²) >= 11 is 5.59. The molecule has 0 aliphatic rings. The lowest BCUT2D eigenvalue weighted by Crippen LogP contribution is -2.29. The molecule has 1 unspecified atom stereocenters. The molecule has 4 heteroatoms. The maximum Gasteiger partial charge on any atom is 0.0510 e. The molecule has 0 saturated carbocycles. The lowest BCUT2D eigenvalue weighted by atomic mass is 10.1. The highest BCUT2D eigenvalue weighted by atomic mass is 79.9. The average molecular weight is 331 g/mol. The summed E-state index contributed by atoms with van der Waals surface area (Å²) in [5.74, 6) is 1.21.